The first kappa shape index (κ1) is 14.8. The number of aryl methyl sites for hydroxylation is 2. The van der Waals surface area contributed by atoms with Gasteiger partial charge in [-0.2, -0.15) is 0 Å². The van der Waals surface area contributed by atoms with Crippen molar-refractivity contribution in [2.45, 2.75) is 20.3 Å². The minimum Gasteiger partial charge on any atom is -0.360 e. The molecule has 0 unspecified atom stereocenters. The Morgan fingerprint density at radius 1 is 1.19 bits per heavy atom. The molecule has 2 rings (SSSR count). The first-order valence-corrected chi connectivity index (χ1v) is 6.59. The van der Waals surface area contributed by atoms with Gasteiger partial charge >= 0.3 is 0 Å². The Bertz CT molecular complexity index is 649. The van der Waals surface area contributed by atoms with E-state index in [4.69, 9.17) is 4.52 Å². The molecule has 0 radical (unpaired) electrons. The maximum absolute atomic E-state index is 11.8. The van der Waals surface area contributed by atoms with Gasteiger partial charge in [-0.15, -0.1) is 0 Å². The summed E-state index contributed by atoms with van der Waals surface area (Å²) in [6.07, 6.45) is 0.253. The van der Waals surface area contributed by atoms with E-state index in [0.29, 0.717) is 11.6 Å². The van der Waals surface area contributed by atoms with Crippen LogP contribution in [0.25, 0.3) is 0 Å². The molecule has 0 aliphatic carbocycles. The third kappa shape index (κ3) is 4.45. The number of nitrogens with zero attached hydrogens (tertiary/aromatic N) is 1. The van der Waals surface area contributed by atoms with E-state index in [-0.39, 0.29) is 24.8 Å². The Morgan fingerprint density at radius 2 is 1.95 bits per heavy atom. The van der Waals surface area contributed by atoms with Gasteiger partial charge in [-0.05, 0) is 25.0 Å². The molecule has 2 amide bonds. The van der Waals surface area contributed by atoms with Crippen LogP contribution in [0.5, 0.6) is 0 Å². The zero-order valence-corrected chi connectivity index (χ0v) is 12.0. The molecule has 6 heteroatoms. The lowest BCUT2D eigenvalue weighted by molar-refractivity contribution is -0.123. The van der Waals surface area contributed by atoms with Gasteiger partial charge in [0.2, 0.25) is 11.8 Å². The third-order valence-corrected chi connectivity index (χ3v) is 2.95. The Hall–Kier alpha value is -2.63. The van der Waals surface area contributed by atoms with Crippen LogP contribution < -0.4 is 10.6 Å². The van der Waals surface area contributed by atoms with Crippen molar-refractivity contribution in [1.82, 2.24) is 10.5 Å². The number of carbonyl (C=O) groups is 2. The van der Waals surface area contributed by atoms with Crippen LogP contribution in [0.15, 0.2) is 34.9 Å². The molecule has 2 aromatic rings. The lowest BCUT2D eigenvalue weighted by atomic mass is 10.1. The van der Waals surface area contributed by atoms with Crippen molar-refractivity contribution in [2.75, 3.05) is 11.9 Å². The van der Waals surface area contributed by atoms with Crippen LogP contribution in [-0.2, 0) is 16.0 Å². The smallest absolute Gasteiger partial charge is 0.245 e. The number of aromatic nitrogens is 1. The summed E-state index contributed by atoms with van der Waals surface area (Å²) in [5.74, 6) is 0.400. The van der Waals surface area contributed by atoms with Gasteiger partial charge in [-0.25, -0.2) is 0 Å². The zero-order valence-electron chi connectivity index (χ0n) is 12.0. The lowest BCUT2D eigenvalue weighted by Gasteiger charge is -2.07. The van der Waals surface area contributed by atoms with E-state index < -0.39 is 0 Å². The van der Waals surface area contributed by atoms with Crippen LogP contribution in [0.3, 0.4) is 0 Å². The van der Waals surface area contributed by atoms with E-state index >= 15 is 0 Å². The normalized spacial score (nSPS) is 10.2. The first-order valence-electron chi connectivity index (χ1n) is 6.59. The van der Waals surface area contributed by atoms with Crippen molar-refractivity contribution in [3.8, 4) is 0 Å². The highest BCUT2D eigenvalue weighted by Gasteiger charge is 2.09. The van der Waals surface area contributed by atoms with Gasteiger partial charge < -0.3 is 15.2 Å². The summed E-state index contributed by atoms with van der Waals surface area (Å²) < 4.78 is 4.83. The molecule has 21 heavy (non-hydrogen) atoms. The molecule has 1 aromatic heterocycles. The number of rotatable bonds is 5. The molecule has 0 fully saturated rings. The maximum Gasteiger partial charge on any atom is 0.245 e. The molecule has 1 heterocycles. The summed E-state index contributed by atoms with van der Waals surface area (Å²) in [5.41, 5.74) is 2.00. The number of amides is 2. The fourth-order valence-electron chi connectivity index (χ4n) is 1.84. The highest BCUT2D eigenvalue weighted by Crippen LogP contribution is 2.08. The molecule has 0 bridgehead atoms. The third-order valence-electron chi connectivity index (χ3n) is 2.95. The van der Waals surface area contributed by atoms with Crippen LogP contribution in [0.1, 0.15) is 16.9 Å². The fourth-order valence-corrected chi connectivity index (χ4v) is 1.84. The predicted octanol–water partition coefficient (Wildman–Crippen LogP) is 1.59. The van der Waals surface area contributed by atoms with Crippen LogP contribution >= 0.6 is 0 Å². The molecular formula is C15H17N3O3. The average Bonchev–Trinajstić information content (AvgIpc) is 2.84. The van der Waals surface area contributed by atoms with Crippen LogP contribution in [0, 0.1) is 13.8 Å². The monoisotopic (exact) mass is 287 g/mol. The molecule has 110 valence electrons. The molecular weight excluding hydrogens is 270 g/mol. The van der Waals surface area contributed by atoms with Crippen molar-refractivity contribution in [2.24, 2.45) is 0 Å². The second-order valence-electron chi connectivity index (χ2n) is 4.75. The number of nitrogens with one attached hydrogen (secondary N) is 2. The second kappa shape index (κ2) is 6.69. The predicted molar refractivity (Wildman–Crippen MR) is 77.8 cm³/mol. The van der Waals surface area contributed by atoms with Crippen molar-refractivity contribution in [3.63, 3.8) is 0 Å². The molecule has 0 saturated carbocycles. The molecule has 0 aliphatic heterocycles. The summed E-state index contributed by atoms with van der Waals surface area (Å²) in [4.78, 5) is 23.4. The minimum absolute atomic E-state index is 0.101. The van der Waals surface area contributed by atoms with Crippen molar-refractivity contribution in [1.29, 1.82) is 0 Å². The molecule has 6 nitrogen and oxygen atoms in total. The van der Waals surface area contributed by atoms with Crippen LogP contribution in [0.4, 0.5) is 5.82 Å². The minimum atomic E-state index is -0.346. The topological polar surface area (TPSA) is 84.2 Å². The summed E-state index contributed by atoms with van der Waals surface area (Å²) >= 11 is 0. The SMILES string of the molecule is Cc1cc(NC(=O)CNC(=O)Cc2ccccc2C)no1. The summed E-state index contributed by atoms with van der Waals surface area (Å²) in [6, 6.07) is 9.25. The van der Waals surface area contributed by atoms with E-state index in [1.54, 1.807) is 13.0 Å². The fraction of sp³-hybridized carbons (Fsp3) is 0.267. The Kier molecular flexibility index (Phi) is 4.71. The van der Waals surface area contributed by atoms with Gasteiger partial charge in [-0.3, -0.25) is 9.59 Å². The van der Waals surface area contributed by atoms with Gasteiger partial charge in [0.05, 0.1) is 13.0 Å². The van der Waals surface area contributed by atoms with E-state index in [1.807, 2.05) is 31.2 Å². The number of carbonyl (C=O) groups excluding carboxylic acids is 2. The number of hydrogen-bond acceptors (Lipinski definition) is 4. The van der Waals surface area contributed by atoms with E-state index in [2.05, 4.69) is 15.8 Å². The quantitative estimate of drug-likeness (QED) is 0.874. The van der Waals surface area contributed by atoms with Gasteiger partial charge in [0, 0.05) is 6.07 Å². The molecule has 0 atom stereocenters. The molecule has 0 saturated heterocycles. The summed E-state index contributed by atoms with van der Waals surface area (Å²) in [6.45, 7) is 3.57. The van der Waals surface area contributed by atoms with E-state index in [9.17, 15) is 9.59 Å². The summed E-state index contributed by atoms with van der Waals surface area (Å²) in [7, 11) is 0. The Morgan fingerprint density at radius 3 is 2.62 bits per heavy atom. The lowest BCUT2D eigenvalue weighted by Crippen LogP contribution is -2.33. The Balaban J connectivity index is 1.78. The van der Waals surface area contributed by atoms with Crippen molar-refractivity contribution >= 4 is 17.6 Å². The molecule has 2 N–H and O–H groups in total. The standard InChI is InChI=1S/C15H17N3O3/c1-10-5-3-4-6-12(10)8-14(19)16-9-15(20)17-13-7-11(2)21-18-13/h3-7H,8-9H2,1-2H3,(H,16,19)(H,17,18,20). The van der Waals surface area contributed by atoms with Gasteiger partial charge in [0.1, 0.15) is 5.76 Å². The number of benzene rings is 1. The van der Waals surface area contributed by atoms with Crippen molar-refractivity contribution < 1.29 is 14.1 Å². The number of hydrogen-bond donors (Lipinski definition) is 2. The van der Waals surface area contributed by atoms with Gasteiger partial charge in [0.25, 0.3) is 0 Å². The highest BCUT2D eigenvalue weighted by atomic mass is 16.5. The van der Waals surface area contributed by atoms with Crippen LogP contribution in [-0.4, -0.2) is 23.5 Å². The summed E-state index contributed by atoms with van der Waals surface area (Å²) in [5, 5.41) is 8.75. The van der Waals surface area contributed by atoms with Gasteiger partial charge in [0.15, 0.2) is 5.82 Å². The second-order valence-corrected chi connectivity index (χ2v) is 4.75. The van der Waals surface area contributed by atoms with Gasteiger partial charge in [-0.1, -0.05) is 29.4 Å². The Labute approximate surface area is 122 Å². The highest BCUT2D eigenvalue weighted by molar-refractivity contribution is 5.94. The zero-order chi connectivity index (χ0) is 15.2. The van der Waals surface area contributed by atoms with Crippen LogP contribution in [0.2, 0.25) is 0 Å². The van der Waals surface area contributed by atoms with Crippen molar-refractivity contribution in [3.05, 3.63) is 47.2 Å². The molecule has 0 spiro atoms. The first-order chi connectivity index (χ1) is 10.0. The van der Waals surface area contributed by atoms with E-state index in [1.165, 1.54) is 0 Å². The largest absolute Gasteiger partial charge is 0.360 e. The van der Waals surface area contributed by atoms with E-state index in [0.717, 1.165) is 11.1 Å². The number of anilines is 1. The molecule has 0 aliphatic rings. The molecule has 1 aromatic carbocycles. The average molecular weight is 287 g/mol. The maximum atomic E-state index is 11.8.